The fourth-order valence-corrected chi connectivity index (χ4v) is 4.13. The van der Waals surface area contributed by atoms with Crippen LogP contribution in [-0.4, -0.2) is 41.5 Å². The molecule has 0 aliphatic carbocycles. The highest BCUT2D eigenvalue weighted by Gasteiger charge is 2.29. The Hall–Kier alpha value is -1.69. The van der Waals surface area contributed by atoms with Crippen LogP contribution in [0.2, 0.25) is 0 Å². The number of nitrogens with zero attached hydrogens (tertiary/aromatic N) is 1. The summed E-state index contributed by atoms with van der Waals surface area (Å²) < 4.78 is 0.294. The Labute approximate surface area is 161 Å². The molecule has 144 valence electrons. The van der Waals surface area contributed by atoms with Crippen LogP contribution in [0.3, 0.4) is 0 Å². The molecular weight excluding hydrogens is 344 g/mol. The van der Waals surface area contributed by atoms with E-state index in [2.05, 4.69) is 27.9 Å². The molecule has 26 heavy (non-hydrogen) atoms. The van der Waals surface area contributed by atoms with Crippen LogP contribution in [0.25, 0.3) is 0 Å². The molecule has 1 atom stereocenters. The van der Waals surface area contributed by atoms with Gasteiger partial charge in [0.2, 0.25) is 0 Å². The Morgan fingerprint density at radius 1 is 1.31 bits per heavy atom. The van der Waals surface area contributed by atoms with Crippen molar-refractivity contribution in [2.24, 2.45) is 4.99 Å². The van der Waals surface area contributed by atoms with E-state index in [-0.39, 0.29) is 11.4 Å². The lowest BCUT2D eigenvalue weighted by Crippen LogP contribution is -2.43. The van der Waals surface area contributed by atoms with E-state index in [1.165, 1.54) is 18.6 Å². The van der Waals surface area contributed by atoms with Crippen molar-refractivity contribution < 1.29 is 4.79 Å². The van der Waals surface area contributed by atoms with Gasteiger partial charge in [0.1, 0.15) is 0 Å². The summed E-state index contributed by atoms with van der Waals surface area (Å²) in [5.74, 6) is 1.99. The molecule has 1 saturated heterocycles. The van der Waals surface area contributed by atoms with E-state index < -0.39 is 0 Å². The minimum atomic E-state index is -0.244. The highest BCUT2D eigenvalue weighted by Crippen LogP contribution is 2.36. The molecule has 5 nitrogen and oxygen atoms in total. The monoisotopic (exact) mass is 376 g/mol. The summed E-state index contributed by atoms with van der Waals surface area (Å²) in [6.45, 7) is 9.78. The maximum Gasteiger partial charge on any atom is 0.251 e. The first-order chi connectivity index (χ1) is 12.2. The average molecular weight is 377 g/mol. The Morgan fingerprint density at radius 3 is 2.69 bits per heavy atom. The molecule has 0 spiro atoms. The predicted molar refractivity (Wildman–Crippen MR) is 112 cm³/mol. The average Bonchev–Trinajstić information content (AvgIpc) is 3.01. The number of benzene rings is 1. The molecule has 3 N–H and O–H groups in total. The molecule has 1 aliphatic rings. The van der Waals surface area contributed by atoms with Gasteiger partial charge in [-0.1, -0.05) is 12.1 Å². The summed E-state index contributed by atoms with van der Waals surface area (Å²) in [7, 11) is 1.78. The lowest BCUT2D eigenvalue weighted by Gasteiger charge is -2.24. The van der Waals surface area contributed by atoms with Crippen molar-refractivity contribution in [2.75, 3.05) is 19.3 Å². The van der Waals surface area contributed by atoms with Gasteiger partial charge in [0.25, 0.3) is 5.91 Å². The number of nitrogens with one attached hydrogen (secondary N) is 3. The van der Waals surface area contributed by atoms with Crippen molar-refractivity contribution in [3.63, 3.8) is 0 Å². The van der Waals surface area contributed by atoms with Gasteiger partial charge >= 0.3 is 0 Å². The van der Waals surface area contributed by atoms with E-state index in [1.807, 2.05) is 56.8 Å². The van der Waals surface area contributed by atoms with Gasteiger partial charge in [-0.05, 0) is 64.0 Å². The minimum absolute atomic E-state index is 0.0481. The van der Waals surface area contributed by atoms with Crippen molar-refractivity contribution in [1.29, 1.82) is 0 Å². The quantitative estimate of drug-likeness (QED) is 0.545. The highest BCUT2D eigenvalue weighted by atomic mass is 32.2. The summed E-state index contributed by atoms with van der Waals surface area (Å²) in [6.07, 6.45) is 2.53. The molecule has 1 unspecified atom stereocenters. The Bertz CT molecular complexity index is 645. The molecule has 6 heteroatoms. The first-order valence-corrected chi connectivity index (χ1v) is 10.2. The number of rotatable bonds is 5. The molecule has 1 fully saturated rings. The normalized spacial score (nSPS) is 20.7. The van der Waals surface area contributed by atoms with Gasteiger partial charge in [0.05, 0.1) is 0 Å². The predicted octanol–water partition coefficient (Wildman–Crippen LogP) is 3.17. The lowest BCUT2D eigenvalue weighted by molar-refractivity contribution is 0.0919. The van der Waals surface area contributed by atoms with E-state index in [0.717, 1.165) is 18.1 Å². The van der Waals surface area contributed by atoms with Gasteiger partial charge in [-0.3, -0.25) is 9.79 Å². The molecule has 1 aliphatic heterocycles. The molecular formula is C20H32N4OS. The van der Waals surface area contributed by atoms with Gasteiger partial charge in [0, 0.05) is 36.0 Å². The topological polar surface area (TPSA) is 65.5 Å². The summed E-state index contributed by atoms with van der Waals surface area (Å²) in [5, 5.41) is 9.77. The summed E-state index contributed by atoms with van der Waals surface area (Å²) in [4.78, 5) is 16.6. The van der Waals surface area contributed by atoms with Crippen LogP contribution >= 0.6 is 11.8 Å². The van der Waals surface area contributed by atoms with Crippen LogP contribution in [0.1, 0.15) is 56.5 Å². The number of guanidine groups is 1. The second-order valence-corrected chi connectivity index (χ2v) is 9.77. The third-order valence-electron chi connectivity index (χ3n) is 4.29. The molecule has 1 aromatic rings. The van der Waals surface area contributed by atoms with Crippen LogP contribution in [0, 0.1) is 0 Å². The second kappa shape index (κ2) is 8.80. The summed E-state index contributed by atoms with van der Waals surface area (Å²) in [5.41, 5.74) is 1.49. The lowest BCUT2D eigenvalue weighted by atomic mass is 10.1. The minimum Gasteiger partial charge on any atom is -0.355 e. The third kappa shape index (κ3) is 6.56. The van der Waals surface area contributed by atoms with Crippen molar-refractivity contribution in [2.45, 2.75) is 57.4 Å². The standard InChI is InChI=1S/C20H32N4OS/c1-19(2,3)24-17(25)16-9-6-8-15(12-16)13-22-18(21-5)23-14-20(4)10-7-11-26-20/h6,8-9,12H,7,10-11,13-14H2,1-5H3,(H,24,25)(H2,21,22,23). The Kier molecular flexibility index (Phi) is 6.98. The second-order valence-electron chi connectivity index (χ2n) is 8.09. The van der Waals surface area contributed by atoms with Crippen LogP contribution in [-0.2, 0) is 6.54 Å². The Balaban J connectivity index is 1.89. The number of aliphatic imine (C=N–C) groups is 1. The maximum absolute atomic E-state index is 12.3. The largest absolute Gasteiger partial charge is 0.355 e. The molecule has 0 aromatic heterocycles. The molecule has 2 rings (SSSR count). The number of carbonyl (C=O) groups is 1. The number of hydrogen-bond acceptors (Lipinski definition) is 3. The first kappa shape index (κ1) is 20.6. The highest BCUT2D eigenvalue weighted by molar-refractivity contribution is 8.00. The fraction of sp³-hybridized carbons (Fsp3) is 0.600. The molecule has 0 radical (unpaired) electrons. The van der Waals surface area contributed by atoms with E-state index in [1.54, 1.807) is 7.05 Å². The van der Waals surface area contributed by atoms with Crippen molar-refractivity contribution in [3.05, 3.63) is 35.4 Å². The maximum atomic E-state index is 12.3. The van der Waals surface area contributed by atoms with Crippen LogP contribution in [0.4, 0.5) is 0 Å². The van der Waals surface area contributed by atoms with E-state index in [9.17, 15) is 4.79 Å². The summed E-state index contributed by atoms with van der Waals surface area (Å²) >= 11 is 2.03. The van der Waals surface area contributed by atoms with Crippen molar-refractivity contribution in [3.8, 4) is 0 Å². The zero-order chi connectivity index (χ0) is 19.2. The van der Waals surface area contributed by atoms with Gasteiger partial charge in [-0.2, -0.15) is 11.8 Å². The van der Waals surface area contributed by atoms with Gasteiger partial charge < -0.3 is 16.0 Å². The number of carbonyl (C=O) groups excluding carboxylic acids is 1. The number of hydrogen-bond donors (Lipinski definition) is 3. The van der Waals surface area contributed by atoms with Gasteiger partial charge in [-0.15, -0.1) is 0 Å². The van der Waals surface area contributed by atoms with Gasteiger partial charge in [0.15, 0.2) is 5.96 Å². The van der Waals surface area contributed by atoms with Crippen LogP contribution in [0.15, 0.2) is 29.3 Å². The van der Waals surface area contributed by atoms with Crippen LogP contribution < -0.4 is 16.0 Å². The van der Waals surface area contributed by atoms with Gasteiger partial charge in [-0.25, -0.2) is 0 Å². The zero-order valence-electron chi connectivity index (χ0n) is 16.6. The molecule has 1 amide bonds. The summed E-state index contributed by atoms with van der Waals surface area (Å²) in [6, 6.07) is 7.70. The third-order valence-corrected chi connectivity index (χ3v) is 5.83. The fourth-order valence-electron chi connectivity index (χ4n) is 2.89. The number of amides is 1. The van der Waals surface area contributed by atoms with Crippen molar-refractivity contribution in [1.82, 2.24) is 16.0 Å². The molecule has 0 bridgehead atoms. The zero-order valence-corrected chi connectivity index (χ0v) is 17.4. The van der Waals surface area contributed by atoms with Crippen LogP contribution in [0.5, 0.6) is 0 Å². The molecule has 1 heterocycles. The Morgan fingerprint density at radius 2 is 2.08 bits per heavy atom. The van der Waals surface area contributed by atoms with Crippen molar-refractivity contribution >= 4 is 23.6 Å². The first-order valence-electron chi connectivity index (χ1n) is 9.21. The van der Waals surface area contributed by atoms with E-state index in [4.69, 9.17) is 0 Å². The SMILES string of the molecule is CN=C(NCc1cccc(C(=O)NC(C)(C)C)c1)NCC1(C)CCCS1. The number of thioether (sulfide) groups is 1. The molecule has 0 saturated carbocycles. The van der Waals surface area contributed by atoms with E-state index in [0.29, 0.717) is 16.9 Å². The smallest absolute Gasteiger partial charge is 0.251 e. The van der Waals surface area contributed by atoms with E-state index >= 15 is 0 Å². The molecule has 1 aromatic carbocycles.